The molecule has 0 saturated heterocycles. The summed E-state index contributed by atoms with van der Waals surface area (Å²) in [6, 6.07) is 53.0. The van der Waals surface area contributed by atoms with Crippen LogP contribution in [0.15, 0.2) is 158 Å². The van der Waals surface area contributed by atoms with Crippen LogP contribution in [0.2, 0.25) is 0 Å². The fourth-order valence-electron chi connectivity index (χ4n) is 8.37. The molecule has 0 saturated carbocycles. The first kappa shape index (κ1) is 40.6. The average molecular weight is 811 g/mol. The number of aromatic hydroxyl groups is 1. The fraction of sp³-hybridized carbons (Fsp3) is 0.211. The lowest BCUT2D eigenvalue weighted by Crippen LogP contribution is -2.15. The van der Waals surface area contributed by atoms with Gasteiger partial charge in [-0.05, 0) is 105 Å². The van der Waals surface area contributed by atoms with Gasteiger partial charge in [0.2, 0.25) is 0 Å². The van der Waals surface area contributed by atoms with Gasteiger partial charge in [-0.15, -0.1) is 0 Å². The number of phenolic OH excluding ortho intramolecular Hbond substituents is 1. The molecule has 0 aliphatic heterocycles. The number of benzene rings is 6. The van der Waals surface area contributed by atoms with Gasteiger partial charge in [0.05, 0.1) is 22.2 Å². The normalized spacial score (nSPS) is 12.3. The van der Waals surface area contributed by atoms with E-state index in [1.54, 1.807) is 6.07 Å². The van der Waals surface area contributed by atoms with Crippen molar-refractivity contribution in [2.75, 3.05) is 0 Å². The molecule has 0 unspecified atom stereocenters. The molecule has 0 atom stereocenters. The van der Waals surface area contributed by atoms with E-state index in [1.165, 1.54) is 11.1 Å². The zero-order valence-electron chi connectivity index (χ0n) is 37.2. The zero-order chi connectivity index (χ0) is 43.6. The summed E-state index contributed by atoms with van der Waals surface area (Å²) in [7, 11) is 0. The molecular weight excluding hydrogens is 757 g/mol. The lowest BCUT2D eigenvalue weighted by Gasteiger charge is -2.24. The van der Waals surface area contributed by atoms with Gasteiger partial charge in [0, 0.05) is 44.9 Å². The van der Waals surface area contributed by atoms with Gasteiger partial charge in [0.25, 0.3) is 0 Å². The van der Waals surface area contributed by atoms with Gasteiger partial charge in [-0.25, -0.2) is 9.97 Å². The molecule has 0 aliphatic carbocycles. The molecular formula is C57H54N4O. The predicted octanol–water partition coefficient (Wildman–Crippen LogP) is 14.9. The third kappa shape index (κ3) is 7.57. The number of hydrogen-bond donors (Lipinski definition) is 1. The van der Waals surface area contributed by atoms with Crippen LogP contribution < -0.4 is 0 Å². The van der Waals surface area contributed by atoms with Crippen LogP contribution in [0.5, 0.6) is 5.75 Å². The van der Waals surface area contributed by atoms with Crippen LogP contribution in [0.25, 0.3) is 83.6 Å². The van der Waals surface area contributed by atoms with Gasteiger partial charge < -0.3 is 5.11 Å². The maximum absolute atomic E-state index is 11.6. The summed E-state index contributed by atoms with van der Waals surface area (Å²) < 4.78 is 2.28. The number of phenols is 1. The second-order valence-corrected chi connectivity index (χ2v) is 19.6. The largest absolute Gasteiger partial charge is 0.507 e. The third-order valence-corrected chi connectivity index (χ3v) is 12.0. The van der Waals surface area contributed by atoms with E-state index in [2.05, 4.69) is 182 Å². The monoisotopic (exact) mass is 810 g/mol. The Morgan fingerprint density at radius 2 is 1.15 bits per heavy atom. The second kappa shape index (κ2) is 15.3. The number of para-hydroxylation sites is 1. The van der Waals surface area contributed by atoms with Crippen LogP contribution in [0, 0.1) is 0 Å². The van der Waals surface area contributed by atoms with Crippen molar-refractivity contribution in [3.05, 3.63) is 175 Å². The first-order chi connectivity index (χ1) is 29.5. The molecule has 9 rings (SSSR count). The first-order valence-electron chi connectivity index (χ1n) is 21.6. The predicted molar refractivity (Wildman–Crippen MR) is 259 cm³/mol. The number of aromatic nitrogens is 4. The Labute approximate surface area is 365 Å². The molecule has 5 heteroatoms. The van der Waals surface area contributed by atoms with Gasteiger partial charge in [-0.2, -0.15) is 0 Å². The van der Waals surface area contributed by atoms with E-state index in [9.17, 15) is 5.11 Å². The Kier molecular flexibility index (Phi) is 9.97. The third-order valence-electron chi connectivity index (χ3n) is 12.0. The number of pyridine rings is 2. The minimum absolute atomic E-state index is 0.0771. The summed E-state index contributed by atoms with van der Waals surface area (Å²) in [5.41, 5.74) is 15.3. The molecule has 1 N–H and O–H groups in total. The van der Waals surface area contributed by atoms with E-state index < -0.39 is 0 Å². The van der Waals surface area contributed by atoms with Crippen LogP contribution in [0.3, 0.4) is 0 Å². The fourth-order valence-corrected chi connectivity index (χ4v) is 8.37. The number of imidazole rings is 1. The molecule has 3 aromatic heterocycles. The number of nitrogens with zero attached hydrogens (tertiary/aromatic N) is 4. The van der Waals surface area contributed by atoms with E-state index >= 15 is 0 Å². The highest BCUT2D eigenvalue weighted by Crippen LogP contribution is 2.43. The number of fused-ring (bicyclic) bond motifs is 2. The highest BCUT2D eigenvalue weighted by molar-refractivity contribution is 5.99. The van der Waals surface area contributed by atoms with Gasteiger partial charge in [0.1, 0.15) is 11.4 Å². The van der Waals surface area contributed by atoms with Gasteiger partial charge in [-0.1, -0.05) is 153 Å². The lowest BCUT2D eigenvalue weighted by molar-refractivity contribution is 0.477. The van der Waals surface area contributed by atoms with E-state index in [0.29, 0.717) is 11.4 Å². The van der Waals surface area contributed by atoms with E-state index in [4.69, 9.17) is 15.0 Å². The molecule has 0 radical (unpaired) electrons. The standard InChI is InChI=1S/C57H54N4O/c1-55(2,3)41-26-27-48(44(34-41)37-20-14-11-15-21-37)61-49-24-16-23-43(46-31-38(25-28-50(46)62)36-18-12-10-13-19-36)53(49)60-54(61)47-32-40(33-51(59-47)57(7,8)9)45-35-42(56(4,5)6)30-39-22-17-29-58-52(39)45/h10-35,62H,1-9H3. The Morgan fingerprint density at radius 3 is 1.84 bits per heavy atom. The highest BCUT2D eigenvalue weighted by atomic mass is 16.3. The second-order valence-electron chi connectivity index (χ2n) is 19.6. The van der Waals surface area contributed by atoms with Crippen LogP contribution in [-0.4, -0.2) is 24.6 Å². The van der Waals surface area contributed by atoms with E-state index in [1.807, 2.05) is 36.5 Å². The molecule has 0 spiro atoms. The molecule has 0 amide bonds. The summed E-state index contributed by atoms with van der Waals surface area (Å²) >= 11 is 0. The van der Waals surface area contributed by atoms with Crippen molar-refractivity contribution in [2.24, 2.45) is 0 Å². The van der Waals surface area contributed by atoms with E-state index in [-0.39, 0.29) is 22.0 Å². The smallest absolute Gasteiger partial charge is 0.164 e. The number of hydrogen-bond acceptors (Lipinski definition) is 4. The van der Waals surface area contributed by atoms with Crippen molar-refractivity contribution in [3.8, 4) is 67.5 Å². The van der Waals surface area contributed by atoms with Crippen molar-refractivity contribution in [2.45, 2.75) is 78.6 Å². The summed E-state index contributed by atoms with van der Waals surface area (Å²) in [5.74, 6) is 0.907. The maximum atomic E-state index is 11.6. The molecule has 308 valence electrons. The number of rotatable bonds is 6. The Hall–Kier alpha value is -6.85. The van der Waals surface area contributed by atoms with Crippen molar-refractivity contribution < 1.29 is 5.11 Å². The van der Waals surface area contributed by atoms with Crippen molar-refractivity contribution in [1.29, 1.82) is 0 Å². The molecule has 62 heavy (non-hydrogen) atoms. The summed E-state index contributed by atoms with van der Waals surface area (Å²) in [5, 5.41) is 12.7. The molecule has 5 nitrogen and oxygen atoms in total. The molecule has 0 aliphatic rings. The summed E-state index contributed by atoms with van der Waals surface area (Å²) in [6.07, 6.45) is 1.88. The van der Waals surface area contributed by atoms with Crippen molar-refractivity contribution in [3.63, 3.8) is 0 Å². The SMILES string of the molecule is CC(C)(C)c1ccc(-n2c(-c3cc(-c4cc(C(C)(C)C)cc5cccnc45)cc(C(C)(C)C)n3)nc3c(-c4cc(-c5ccccc5)ccc4O)cccc32)c(-c2ccccc2)c1. The molecule has 6 aromatic carbocycles. The van der Waals surface area contributed by atoms with Gasteiger partial charge in [-0.3, -0.25) is 9.55 Å². The molecule has 9 aromatic rings. The van der Waals surface area contributed by atoms with Crippen LogP contribution in [0.4, 0.5) is 0 Å². The van der Waals surface area contributed by atoms with Crippen LogP contribution in [-0.2, 0) is 16.2 Å². The zero-order valence-corrected chi connectivity index (χ0v) is 37.2. The summed E-state index contributed by atoms with van der Waals surface area (Å²) in [4.78, 5) is 16.1. The minimum atomic E-state index is -0.287. The van der Waals surface area contributed by atoms with Gasteiger partial charge >= 0.3 is 0 Å². The Bertz CT molecular complexity index is 3120. The average Bonchev–Trinajstić information content (AvgIpc) is 3.65. The highest BCUT2D eigenvalue weighted by Gasteiger charge is 2.27. The Balaban J connectivity index is 1.39. The van der Waals surface area contributed by atoms with Crippen molar-refractivity contribution in [1.82, 2.24) is 19.5 Å². The molecule has 0 fully saturated rings. The van der Waals surface area contributed by atoms with E-state index in [0.717, 1.165) is 78.0 Å². The van der Waals surface area contributed by atoms with Crippen LogP contribution in [0.1, 0.15) is 79.1 Å². The van der Waals surface area contributed by atoms with Gasteiger partial charge in [0.15, 0.2) is 5.82 Å². The lowest BCUT2D eigenvalue weighted by atomic mass is 9.83. The minimum Gasteiger partial charge on any atom is -0.507 e. The van der Waals surface area contributed by atoms with Crippen LogP contribution >= 0.6 is 0 Å². The molecule has 3 heterocycles. The van der Waals surface area contributed by atoms with Crippen molar-refractivity contribution >= 4 is 21.9 Å². The topological polar surface area (TPSA) is 63.8 Å². The summed E-state index contributed by atoms with van der Waals surface area (Å²) in [6.45, 7) is 20.2. The Morgan fingerprint density at radius 1 is 0.452 bits per heavy atom. The maximum Gasteiger partial charge on any atom is 0.164 e. The molecule has 0 bridgehead atoms. The quantitative estimate of drug-likeness (QED) is 0.182. The first-order valence-corrected chi connectivity index (χ1v) is 21.6.